The quantitative estimate of drug-likeness (QED) is 0.671. The smallest absolute Gasteiger partial charge is 0.360 e. The molecule has 3 fully saturated rings. The van der Waals surface area contributed by atoms with Crippen LogP contribution in [0.5, 0.6) is 0 Å². The summed E-state index contributed by atoms with van der Waals surface area (Å²) >= 11 is 0. The van der Waals surface area contributed by atoms with Crippen LogP contribution in [-0.2, 0) is 0 Å². The maximum Gasteiger partial charge on any atom is 0.360 e. The van der Waals surface area contributed by atoms with E-state index in [0.29, 0.717) is 23.6 Å². The Labute approximate surface area is 196 Å². The lowest BCUT2D eigenvalue weighted by atomic mass is 9.69. The van der Waals surface area contributed by atoms with Gasteiger partial charge in [0.1, 0.15) is 0 Å². The van der Waals surface area contributed by atoms with Crippen LogP contribution in [-0.4, -0.2) is 43.7 Å². The molecule has 2 unspecified atom stereocenters. The monoisotopic (exact) mass is 451 g/mol. The molecule has 6 heteroatoms. The van der Waals surface area contributed by atoms with E-state index in [1.165, 1.54) is 51.4 Å². The average molecular weight is 452 g/mol. The van der Waals surface area contributed by atoms with E-state index in [0.717, 1.165) is 30.2 Å². The highest BCUT2D eigenvalue weighted by Crippen LogP contribution is 2.44. The minimum atomic E-state index is -1.26. The summed E-state index contributed by atoms with van der Waals surface area (Å²) in [5.41, 5.74) is 0.420. The molecule has 2 aromatic rings. The van der Waals surface area contributed by atoms with Gasteiger partial charge in [-0.15, -0.1) is 0 Å². The number of para-hydroxylation sites is 2. The molecule has 2 heterocycles. The summed E-state index contributed by atoms with van der Waals surface area (Å²) in [6.07, 6.45) is 12.8. The first kappa shape index (κ1) is 22.6. The zero-order chi connectivity index (χ0) is 23.1. The van der Waals surface area contributed by atoms with E-state index < -0.39 is 11.5 Å². The number of hydrogen-bond donors (Lipinski definition) is 1. The summed E-state index contributed by atoms with van der Waals surface area (Å²) in [6, 6.07) is 8.97. The van der Waals surface area contributed by atoms with E-state index >= 15 is 0 Å². The van der Waals surface area contributed by atoms with Crippen LogP contribution in [0, 0.1) is 11.8 Å². The van der Waals surface area contributed by atoms with Crippen LogP contribution < -0.4 is 5.56 Å². The first-order valence-electron chi connectivity index (χ1n) is 12.9. The normalized spacial score (nSPS) is 31.4. The highest BCUT2D eigenvalue weighted by Gasteiger charge is 2.40. The molecule has 2 aliphatic carbocycles. The van der Waals surface area contributed by atoms with Gasteiger partial charge < -0.3 is 9.67 Å². The van der Waals surface area contributed by atoms with Gasteiger partial charge >= 0.3 is 5.97 Å². The van der Waals surface area contributed by atoms with Gasteiger partial charge in [-0.3, -0.25) is 9.69 Å². The molecular formula is C27H37N3O3. The molecule has 1 aromatic carbocycles. The number of rotatable bonds is 5. The topological polar surface area (TPSA) is 75.4 Å². The summed E-state index contributed by atoms with van der Waals surface area (Å²) in [6.45, 7) is 4.46. The van der Waals surface area contributed by atoms with Crippen molar-refractivity contribution in [3.05, 3.63) is 40.3 Å². The summed E-state index contributed by atoms with van der Waals surface area (Å²) in [5.74, 6) is 0.521. The third-order valence-corrected chi connectivity index (χ3v) is 8.67. The molecule has 1 N–H and O–H groups in total. The molecule has 33 heavy (non-hydrogen) atoms. The van der Waals surface area contributed by atoms with Crippen molar-refractivity contribution in [2.24, 2.45) is 11.8 Å². The van der Waals surface area contributed by atoms with Crippen molar-refractivity contribution in [2.45, 2.75) is 102 Å². The van der Waals surface area contributed by atoms with Gasteiger partial charge in [-0.25, -0.2) is 9.78 Å². The van der Waals surface area contributed by atoms with E-state index in [-0.39, 0.29) is 11.7 Å². The SMILES string of the molecule is C[C@H]1CCC[C@@H](C[C@H](C)n2c(=O)c(C(=O)O)nc3ccccc32)N1C1CC2CCCC(C2)C1. The molecule has 1 aliphatic heterocycles. The first-order valence-corrected chi connectivity index (χ1v) is 12.9. The number of fused-ring (bicyclic) bond motifs is 3. The highest BCUT2D eigenvalue weighted by molar-refractivity contribution is 5.88. The fourth-order valence-corrected chi connectivity index (χ4v) is 7.37. The number of aromatic carboxylic acids is 1. The number of benzene rings is 1. The summed E-state index contributed by atoms with van der Waals surface area (Å²) in [5, 5.41) is 9.59. The molecule has 0 amide bonds. The summed E-state index contributed by atoms with van der Waals surface area (Å²) in [7, 11) is 0. The van der Waals surface area contributed by atoms with E-state index in [1.54, 1.807) is 10.6 Å². The number of carboxylic acids is 1. The van der Waals surface area contributed by atoms with Crippen LogP contribution in [0.25, 0.3) is 11.0 Å². The maximum absolute atomic E-state index is 13.2. The number of carboxylic acid groups (broad SMARTS) is 1. The Hall–Kier alpha value is -2.21. The molecule has 5 atom stereocenters. The molecule has 2 bridgehead atoms. The van der Waals surface area contributed by atoms with E-state index in [2.05, 4.69) is 23.7 Å². The van der Waals surface area contributed by atoms with Gasteiger partial charge in [0.25, 0.3) is 5.56 Å². The van der Waals surface area contributed by atoms with E-state index in [4.69, 9.17) is 0 Å². The van der Waals surface area contributed by atoms with Gasteiger partial charge in [-0.05, 0) is 76.3 Å². The molecule has 3 aliphatic rings. The second-order valence-corrected chi connectivity index (χ2v) is 10.9. The van der Waals surface area contributed by atoms with Crippen molar-refractivity contribution in [1.82, 2.24) is 14.5 Å². The lowest BCUT2D eigenvalue weighted by Crippen LogP contribution is -2.54. The van der Waals surface area contributed by atoms with Gasteiger partial charge in [0.15, 0.2) is 0 Å². The number of hydrogen-bond acceptors (Lipinski definition) is 4. The minimum absolute atomic E-state index is 0.0932. The van der Waals surface area contributed by atoms with Crippen molar-refractivity contribution in [3.8, 4) is 0 Å². The van der Waals surface area contributed by atoms with Crippen molar-refractivity contribution < 1.29 is 9.90 Å². The van der Waals surface area contributed by atoms with Crippen LogP contribution in [0.4, 0.5) is 0 Å². The van der Waals surface area contributed by atoms with Crippen LogP contribution in [0.15, 0.2) is 29.1 Å². The third kappa shape index (κ3) is 4.34. The average Bonchev–Trinajstić information content (AvgIpc) is 2.78. The van der Waals surface area contributed by atoms with Crippen LogP contribution in [0.1, 0.15) is 94.6 Å². The Morgan fingerprint density at radius 1 is 1.09 bits per heavy atom. The number of aromatic nitrogens is 2. The molecule has 0 radical (unpaired) electrons. The lowest BCUT2D eigenvalue weighted by Gasteiger charge is -2.51. The predicted molar refractivity (Wildman–Crippen MR) is 130 cm³/mol. The fraction of sp³-hybridized carbons (Fsp3) is 0.667. The lowest BCUT2D eigenvalue weighted by molar-refractivity contribution is -0.0116. The molecule has 1 saturated heterocycles. The van der Waals surface area contributed by atoms with Gasteiger partial charge in [0.05, 0.1) is 11.0 Å². The van der Waals surface area contributed by atoms with Crippen LogP contribution in [0.3, 0.4) is 0 Å². The number of piperidine rings is 1. The minimum Gasteiger partial charge on any atom is -0.476 e. The van der Waals surface area contributed by atoms with Gasteiger partial charge in [-0.2, -0.15) is 0 Å². The number of nitrogens with zero attached hydrogens (tertiary/aromatic N) is 3. The highest BCUT2D eigenvalue weighted by atomic mass is 16.4. The Kier molecular flexibility index (Phi) is 6.30. The van der Waals surface area contributed by atoms with Crippen molar-refractivity contribution in [2.75, 3.05) is 0 Å². The predicted octanol–water partition coefficient (Wildman–Crippen LogP) is 5.26. The molecular weight excluding hydrogens is 414 g/mol. The largest absolute Gasteiger partial charge is 0.476 e. The molecule has 5 rings (SSSR count). The second kappa shape index (κ2) is 9.21. The third-order valence-electron chi connectivity index (χ3n) is 8.67. The zero-order valence-corrected chi connectivity index (χ0v) is 19.9. The Bertz CT molecular complexity index is 1070. The van der Waals surface area contributed by atoms with Crippen LogP contribution >= 0.6 is 0 Å². The summed E-state index contributed by atoms with van der Waals surface area (Å²) in [4.78, 5) is 31.9. The van der Waals surface area contributed by atoms with Gasteiger partial charge in [-0.1, -0.05) is 37.8 Å². The van der Waals surface area contributed by atoms with Crippen LogP contribution in [0.2, 0.25) is 0 Å². The number of likely N-dealkylation sites (tertiary alicyclic amines) is 1. The Morgan fingerprint density at radius 3 is 2.52 bits per heavy atom. The van der Waals surface area contributed by atoms with Crippen molar-refractivity contribution >= 4 is 17.0 Å². The Morgan fingerprint density at radius 2 is 1.79 bits per heavy atom. The second-order valence-electron chi connectivity index (χ2n) is 10.9. The first-order chi connectivity index (χ1) is 15.9. The molecule has 0 spiro atoms. The van der Waals surface area contributed by atoms with Gasteiger partial charge in [0.2, 0.25) is 5.69 Å². The fourth-order valence-electron chi connectivity index (χ4n) is 7.37. The van der Waals surface area contributed by atoms with Crippen molar-refractivity contribution in [1.29, 1.82) is 0 Å². The summed E-state index contributed by atoms with van der Waals surface area (Å²) < 4.78 is 1.69. The standard InChI is InChI=1S/C27H37N3O3/c1-17-7-5-10-21(29(17)22-15-19-8-6-9-20(14-19)16-22)13-18(2)30-24-12-4-3-11-23(24)28-25(26(30)31)27(32)33/h3-4,11-12,17-22H,5-10,13-16H2,1-2H3,(H,32,33)/t17-,18-,19?,20?,21-,22?/m0/s1. The molecule has 6 nitrogen and oxygen atoms in total. The number of carbonyl (C=O) groups is 1. The molecule has 1 aromatic heterocycles. The molecule has 178 valence electrons. The van der Waals surface area contributed by atoms with E-state index in [1.807, 2.05) is 18.2 Å². The van der Waals surface area contributed by atoms with Crippen molar-refractivity contribution in [3.63, 3.8) is 0 Å². The Balaban J connectivity index is 1.45. The van der Waals surface area contributed by atoms with Gasteiger partial charge in [0, 0.05) is 24.2 Å². The molecule has 2 saturated carbocycles. The maximum atomic E-state index is 13.2. The zero-order valence-electron chi connectivity index (χ0n) is 19.9. The van der Waals surface area contributed by atoms with E-state index in [9.17, 15) is 14.7 Å².